The summed E-state index contributed by atoms with van der Waals surface area (Å²) < 4.78 is 6.44. The molecule has 3 aromatic rings. The number of amides is 3. The molecule has 0 aromatic heterocycles. The molecule has 0 spiro atoms. The van der Waals surface area contributed by atoms with Gasteiger partial charge in [-0.3, -0.25) is 30.6 Å². The number of rotatable bonds is 10. The summed E-state index contributed by atoms with van der Waals surface area (Å²) in [5.74, 6) is -0.473. The van der Waals surface area contributed by atoms with Crippen LogP contribution >= 0.6 is 28.1 Å². The second-order valence-electron chi connectivity index (χ2n) is 8.76. The summed E-state index contributed by atoms with van der Waals surface area (Å²) in [5.41, 5.74) is 7.67. The predicted octanol–water partition coefficient (Wildman–Crippen LogP) is 5.92. The molecule has 4 N–H and O–H groups in total. The summed E-state index contributed by atoms with van der Waals surface area (Å²) in [4.78, 5) is 37.5. The standard InChI is InChI=1S/C29H31BrN4O4S/c1-3-4-5-8-17-38-25-16-13-21(18-24(25)30)26(35)32-29(39)34-33-27(36)20-11-14-22(15-12-20)31-28(37)23-10-7-6-9-19(23)2/h6-7,9-16,18H,3-5,8,17H2,1-2H3,(H,31,37)(H,33,36)(H2,32,34,35,39). The molecular weight excluding hydrogens is 580 g/mol. The fourth-order valence-corrected chi connectivity index (χ4v) is 4.23. The van der Waals surface area contributed by atoms with E-state index in [9.17, 15) is 14.4 Å². The molecule has 0 saturated carbocycles. The van der Waals surface area contributed by atoms with Crippen LogP contribution in [0.1, 0.15) is 69.2 Å². The molecule has 0 atom stereocenters. The van der Waals surface area contributed by atoms with E-state index in [4.69, 9.17) is 17.0 Å². The topological polar surface area (TPSA) is 109 Å². The number of carbonyl (C=O) groups is 3. The Balaban J connectivity index is 1.45. The quantitative estimate of drug-likeness (QED) is 0.129. The maximum atomic E-state index is 12.6. The van der Waals surface area contributed by atoms with Crippen LogP contribution in [-0.4, -0.2) is 29.4 Å². The third kappa shape index (κ3) is 9.19. The van der Waals surface area contributed by atoms with Gasteiger partial charge >= 0.3 is 0 Å². The molecule has 39 heavy (non-hydrogen) atoms. The molecule has 204 valence electrons. The molecule has 0 aliphatic heterocycles. The summed E-state index contributed by atoms with van der Waals surface area (Å²) >= 11 is 8.57. The van der Waals surface area contributed by atoms with E-state index in [1.807, 2.05) is 19.1 Å². The zero-order valence-electron chi connectivity index (χ0n) is 21.8. The number of anilines is 1. The van der Waals surface area contributed by atoms with Crippen LogP contribution in [0.25, 0.3) is 0 Å². The van der Waals surface area contributed by atoms with Crippen LogP contribution < -0.4 is 26.2 Å². The van der Waals surface area contributed by atoms with Gasteiger partial charge < -0.3 is 10.1 Å². The fourth-order valence-electron chi connectivity index (χ4n) is 3.59. The van der Waals surface area contributed by atoms with Crippen molar-refractivity contribution in [1.29, 1.82) is 0 Å². The maximum absolute atomic E-state index is 12.6. The molecule has 0 heterocycles. The van der Waals surface area contributed by atoms with Crippen molar-refractivity contribution in [3.63, 3.8) is 0 Å². The Labute approximate surface area is 242 Å². The molecule has 0 fully saturated rings. The molecule has 3 aromatic carbocycles. The van der Waals surface area contributed by atoms with Gasteiger partial charge in [-0.1, -0.05) is 44.4 Å². The molecule has 10 heteroatoms. The van der Waals surface area contributed by atoms with Gasteiger partial charge in [-0.15, -0.1) is 0 Å². The van der Waals surface area contributed by atoms with Crippen LogP contribution in [0, 0.1) is 6.92 Å². The number of hydrogen-bond donors (Lipinski definition) is 4. The van der Waals surface area contributed by atoms with Gasteiger partial charge in [-0.05, 0) is 95.6 Å². The minimum Gasteiger partial charge on any atom is -0.492 e. The van der Waals surface area contributed by atoms with Gasteiger partial charge in [-0.25, -0.2) is 0 Å². The second-order valence-corrected chi connectivity index (χ2v) is 10.0. The summed E-state index contributed by atoms with van der Waals surface area (Å²) in [6.07, 6.45) is 4.44. The van der Waals surface area contributed by atoms with E-state index in [0.29, 0.717) is 39.2 Å². The normalized spacial score (nSPS) is 10.3. The van der Waals surface area contributed by atoms with Gasteiger partial charge in [0.2, 0.25) is 0 Å². The van der Waals surface area contributed by atoms with Crippen LogP contribution in [-0.2, 0) is 0 Å². The number of halogens is 1. The highest BCUT2D eigenvalue weighted by Gasteiger charge is 2.13. The lowest BCUT2D eigenvalue weighted by molar-refractivity contribution is 0.0934. The number of carbonyl (C=O) groups excluding carboxylic acids is 3. The van der Waals surface area contributed by atoms with Crippen molar-refractivity contribution >= 4 is 56.7 Å². The number of aryl methyl sites for hydroxylation is 1. The zero-order valence-corrected chi connectivity index (χ0v) is 24.2. The predicted molar refractivity (Wildman–Crippen MR) is 160 cm³/mol. The first-order valence-electron chi connectivity index (χ1n) is 12.6. The SMILES string of the molecule is CCCCCCOc1ccc(C(=O)NC(=S)NNC(=O)c2ccc(NC(=O)c3ccccc3C)cc2)cc1Br. The molecule has 0 aliphatic carbocycles. The first-order valence-corrected chi connectivity index (χ1v) is 13.8. The third-order valence-corrected chi connectivity index (χ3v) is 6.58. The Morgan fingerprint density at radius 2 is 1.56 bits per heavy atom. The van der Waals surface area contributed by atoms with Gasteiger partial charge in [0.15, 0.2) is 5.11 Å². The summed E-state index contributed by atoms with van der Waals surface area (Å²) in [7, 11) is 0. The van der Waals surface area contributed by atoms with Crippen molar-refractivity contribution in [1.82, 2.24) is 16.2 Å². The van der Waals surface area contributed by atoms with Crippen LogP contribution in [0.15, 0.2) is 71.2 Å². The van der Waals surface area contributed by atoms with Gasteiger partial charge in [0.1, 0.15) is 5.75 Å². The van der Waals surface area contributed by atoms with Crippen LogP contribution in [0.5, 0.6) is 5.75 Å². The van der Waals surface area contributed by atoms with Crippen LogP contribution in [0.2, 0.25) is 0 Å². The summed E-state index contributed by atoms with van der Waals surface area (Å²) in [6.45, 7) is 4.64. The Morgan fingerprint density at radius 3 is 2.26 bits per heavy atom. The lowest BCUT2D eigenvalue weighted by Gasteiger charge is -2.12. The number of unbranched alkanes of at least 4 members (excludes halogenated alkanes) is 3. The van der Waals surface area contributed by atoms with Crippen LogP contribution in [0.4, 0.5) is 5.69 Å². The van der Waals surface area contributed by atoms with E-state index in [0.717, 1.165) is 24.8 Å². The van der Waals surface area contributed by atoms with Crippen molar-refractivity contribution in [2.24, 2.45) is 0 Å². The molecule has 0 unspecified atom stereocenters. The molecule has 0 aliphatic rings. The maximum Gasteiger partial charge on any atom is 0.269 e. The molecular formula is C29H31BrN4O4S. The van der Waals surface area contributed by atoms with E-state index in [1.165, 1.54) is 6.42 Å². The minimum absolute atomic E-state index is 0.0668. The first-order chi connectivity index (χ1) is 18.8. The minimum atomic E-state index is -0.466. The van der Waals surface area contributed by atoms with Gasteiger partial charge in [-0.2, -0.15) is 0 Å². The van der Waals surface area contributed by atoms with E-state index in [2.05, 4.69) is 44.3 Å². The molecule has 3 rings (SSSR count). The van der Waals surface area contributed by atoms with E-state index < -0.39 is 11.8 Å². The second kappa shape index (κ2) is 15.0. The Kier molecular flexibility index (Phi) is 11.4. The highest BCUT2D eigenvalue weighted by Crippen LogP contribution is 2.26. The van der Waals surface area contributed by atoms with E-state index >= 15 is 0 Å². The van der Waals surface area contributed by atoms with Crippen molar-refractivity contribution in [2.75, 3.05) is 11.9 Å². The van der Waals surface area contributed by atoms with Crippen molar-refractivity contribution in [3.8, 4) is 5.75 Å². The van der Waals surface area contributed by atoms with Gasteiger partial charge in [0.05, 0.1) is 11.1 Å². The summed E-state index contributed by atoms with van der Waals surface area (Å²) in [5, 5.41) is 5.27. The first kappa shape index (κ1) is 29.8. The molecule has 3 amide bonds. The molecule has 0 saturated heterocycles. The van der Waals surface area contributed by atoms with Gasteiger partial charge in [0.25, 0.3) is 17.7 Å². The average Bonchev–Trinajstić information content (AvgIpc) is 2.93. The Hall–Kier alpha value is -3.76. The lowest BCUT2D eigenvalue weighted by atomic mass is 10.1. The van der Waals surface area contributed by atoms with Crippen molar-refractivity contribution < 1.29 is 19.1 Å². The summed E-state index contributed by atoms with van der Waals surface area (Å²) in [6, 6.07) is 18.7. The number of benzene rings is 3. The zero-order chi connectivity index (χ0) is 28.2. The molecule has 0 radical (unpaired) electrons. The monoisotopic (exact) mass is 610 g/mol. The number of ether oxygens (including phenoxy) is 1. The van der Waals surface area contributed by atoms with E-state index in [-0.39, 0.29) is 11.0 Å². The fraction of sp³-hybridized carbons (Fsp3) is 0.241. The number of thiocarbonyl (C=S) groups is 1. The number of hydrogen-bond acceptors (Lipinski definition) is 5. The Morgan fingerprint density at radius 1 is 0.846 bits per heavy atom. The lowest BCUT2D eigenvalue weighted by Crippen LogP contribution is -2.48. The highest BCUT2D eigenvalue weighted by atomic mass is 79.9. The van der Waals surface area contributed by atoms with Crippen molar-refractivity contribution in [3.05, 3.63) is 93.5 Å². The van der Waals surface area contributed by atoms with E-state index in [1.54, 1.807) is 54.6 Å². The average molecular weight is 612 g/mol. The molecule has 8 nitrogen and oxygen atoms in total. The van der Waals surface area contributed by atoms with Crippen molar-refractivity contribution in [2.45, 2.75) is 39.5 Å². The largest absolute Gasteiger partial charge is 0.492 e. The van der Waals surface area contributed by atoms with Gasteiger partial charge in [0, 0.05) is 22.4 Å². The Bertz CT molecular complexity index is 1330. The third-order valence-electron chi connectivity index (χ3n) is 5.76. The van der Waals surface area contributed by atoms with Crippen LogP contribution in [0.3, 0.4) is 0 Å². The smallest absolute Gasteiger partial charge is 0.269 e. The number of nitrogens with one attached hydrogen (secondary N) is 4. The molecule has 0 bridgehead atoms. The highest BCUT2D eigenvalue weighted by molar-refractivity contribution is 9.10. The number of hydrazine groups is 1.